The van der Waals surface area contributed by atoms with Crippen molar-refractivity contribution in [3.8, 4) is 5.75 Å². The highest BCUT2D eigenvalue weighted by atomic mass is 32.2. The second-order valence-corrected chi connectivity index (χ2v) is 13.9. The summed E-state index contributed by atoms with van der Waals surface area (Å²) in [5.74, 6) is -0.623. The maximum Gasteiger partial charge on any atom is 0.416 e. The maximum atomic E-state index is 13.0. The van der Waals surface area contributed by atoms with Crippen LogP contribution in [0.3, 0.4) is 0 Å². The van der Waals surface area contributed by atoms with Crippen LogP contribution in [0, 0.1) is 5.41 Å². The molecule has 11 heteroatoms. The fraction of sp³-hybridized carbons (Fsp3) is 0.444. The molecular weight excluding hydrogens is 646 g/mol. The van der Waals surface area contributed by atoms with Crippen LogP contribution >= 0.6 is 23.5 Å². The van der Waals surface area contributed by atoms with Gasteiger partial charge in [0, 0.05) is 22.9 Å². The molecule has 254 valence electrons. The minimum Gasteiger partial charge on any atom is -0.483 e. The number of fused-ring (bicyclic) bond motifs is 1. The molecule has 1 aliphatic rings. The number of para-hydroxylation sites is 1. The van der Waals surface area contributed by atoms with Gasteiger partial charge in [-0.05, 0) is 66.5 Å². The molecule has 0 saturated heterocycles. The second kappa shape index (κ2) is 16.7. The predicted octanol–water partition coefficient (Wildman–Crippen LogP) is 9.75. The van der Waals surface area contributed by atoms with Crippen molar-refractivity contribution >= 4 is 46.8 Å². The Kier molecular flexibility index (Phi) is 13.0. The Morgan fingerprint density at radius 2 is 1.70 bits per heavy atom. The van der Waals surface area contributed by atoms with Gasteiger partial charge in [-0.2, -0.15) is 13.2 Å². The molecule has 1 heterocycles. The summed E-state index contributed by atoms with van der Waals surface area (Å²) >= 11 is 3.31. The first kappa shape index (κ1) is 36.5. The van der Waals surface area contributed by atoms with Crippen LogP contribution in [0.1, 0.15) is 76.0 Å². The largest absolute Gasteiger partial charge is 0.483 e. The van der Waals surface area contributed by atoms with Gasteiger partial charge in [0.2, 0.25) is 0 Å². The van der Waals surface area contributed by atoms with E-state index in [1.807, 2.05) is 30.2 Å². The van der Waals surface area contributed by atoms with Crippen molar-refractivity contribution in [2.45, 2.75) is 80.8 Å². The van der Waals surface area contributed by atoms with E-state index in [1.165, 1.54) is 31.0 Å². The van der Waals surface area contributed by atoms with Crippen molar-refractivity contribution in [2.24, 2.45) is 5.41 Å². The molecule has 2 atom stereocenters. The Balaban J connectivity index is 1.58. The van der Waals surface area contributed by atoms with E-state index in [9.17, 15) is 27.9 Å². The third-order valence-electron chi connectivity index (χ3n) is 8.48. The topological polar surface area (TPSA) is 78.9 Å². The molecule has 0 saturated carbocycles. The number of nitrogens with one attached hydrogen (secondary N) is 1. The molecule has 0 radical (unpaired) electrons. The Morgan fingerprint density at radius 1 is 1.02 bits per heavy atom. The van der Waals surface area contributed by atoms with Gasteiger partial charge in [-0.15, -0.1) is 23.5 Å². The van der Waals surface area contributed by atoms with Gasteiger partial charge >= 0.3 is 12.1 Å². The number of hydrogen-bond acceptors (Lipinski definition) is 6. The van der Waals surface area contributed by atoms with Gasteiger partial charge in [0.15, 0.2) is 12.6 Å². The van der Waals surface area contributed by atoms with Crippen LogP contribution in [0.4, 0.5) is 24.5 Å². The number of carbonyl (C=O) groups is 2. The Hall–Kier alpha value is -3.31. The number of alkyl halides is 3. The van der Waals surface area contributed by atoms with Crippen molar-refractivity contribution in [1.29, 1.82) is 0 Å². The molecule has 0 aliphatic carbocycles. The Labute approximate surface area is 283 Å². The van der Waals surface area contributed by atoms with E-state index in [1.54, 1.807) is 0 Å². The van der Waals surface area contributed by atoms with E-state index < -0.39 is 36.3 Å². The van der Waals surface area contributed by atoms with Crippen LogP contribution in [0.25, 0.3) is 0 Å². The molecule has 0 fully saturated rings. The lowest BCUT2D eigenvalue weighted by atomic mass is 9.79. The Bertz CT molecular complexity index is 1490. The molecule has 47 heavy (non-hydrogen) atoms. The molecule has 1 amide bonds. The SMILES string of the molecule is CCCCCC1(CCCC)CSc2cc(OCC(=O)NC(C(=O)O)c3ccc(C(F)(F)F)cc3)c(SC)cc2N(c2ccccc2)C1. The molecule has 3 aromatic rings. The molecular formula is C36H43F3N2O4S2. The smallest absolute Gasteiger partial charge is 0.416 e. The maximum absolute atomic E-state index is 13.0. The number of anilines is 2. The predicted molar refractivity (Wildman–Crippen MR) is 184 cm³/mol. The normalized spacial score (nSPS) is 17.0. The second-order valence-electron chi connectivity index (χ2n) is 12.0. The number of aliphatic carboxylic acids is 1. The lowest BCUT2D eigenvalue weighted by molar-refractivity contribution is -0.142. The fourth-order valence-electron chi connectivity index (χ4n) is 5.89. The van der Waals surface area contributed by atoms with Crippen molar-refractivity contribution in [3.63, 3.8) is 0 Å². The van der Waals surface area contributed by atoms with Crippen LogP contribution in [0.2, 0.25) is 0 Å². The van der Waals surface area contributed by atoms with Crippen molar-refractivity contribution in [1.82, 2.24) is 5.32 Å². The number of amides is 1. The molecule has 2 N–H and O–H groups in total. The summed E-state index contributed by atoms with van der Waals surface area (Å²) in [6, 6.07) is 16.7. The summed E-state index contributed by atoms with van der Waals surface area (Å²) in [5.41, 5.74) is 1.45. The van der Waals surface area contributed by atoms with Crippen LogP contribution in [-0.4, -0.2) is 42.1 Å². The monoisotopic (exact) mass is 688 g/mol. The van der Waals surface area contributed by atoms with E-state index >= 15 is 0 Å². The zero-order valence-corrected chi connectivity index (χ0v) is 28.7. The summed E-state index contributed by atoms with van der Waals surface area (Å²) in [7, 11) is 0. The van der Waals surface area contributed by atoms with Crippen LogP contribution in [0.15, 0.2) is 76.5 Å². The highest BCUT2D eigenvalue weighted by Gasteiger charge is 2.37. The molecule has 2 unspecified atom stereocenters. The summed E-state index contributed by atoms with van der Waals surface area (Å²) in [6.07, 6.45) is 5.52. The van der Waals surface area contributed by atoms with Gasteiger partial charge in [0.25, 0.3) is 5.91 Å². The molecule has 4 rings (SSSR count). The molecule has 0 bridgehead atoms. The fourth-order valence-corrected chi connectivity index (χ4v) is 7.79. The number of carboxylic acid groups (broad SMARTS) is 1. The van der Waals surface area contributed by atoms with E-state index in [4.69, 9.17) is 4.74 Å². The quantitative estimate of drug-likeness (QED) is 0.122. The van der Waals surface area contributed by atoms with E-state index in [2.05, 4.69) is 54.4 Å². The number of carboxylic acids is 1. The standard InChI is InChI=1S/C36H43F3N2O4S2/c1-4-6-11-19-35(18-7-5-2)23-41(27-12-9-8-10-13-27)28-20-31(46-3)29(21-30(28)47-24-35)45-22-32(42)40-33(34(43)44)25-14-16-26(17-15-25)36(37,38)39/h8-10,12-17,20-21,33H,4-7,11,18-19,22-24H2,1-3H3,(H,40,42)(H,43,44). The number of benzene rings is 3. The van der Waals surface area contributed by atoms with Crippen molar-refractivity contribution in [2.75, 3.05) is 30.1 Å². The Morgan fingerprint density at radius 3 is 2.32 bits per heavy atom. The first-order valence-electron chi connectivity index (χ1n) is 16.0. The van der Waals surface area contributed by atoms with Crippen molar-refractivity contribution in [3.05, 3.63) is 77.9 Å². The van der Waals surface area contributed by atoms with Crippen LogP contribution in [0.5, 0.6) is 5.75 Å². The molecule has 3 aromatic carbocycles. The number of unbranched alkanes of at least 4 members (excludes halogenated alkanes) is 3. The third-order valence-corrected chi connectivity index (χ3v) is 10.6. The zero-order valence-electron chi connectivity index (χ0n) is 27.1. The zero-order chi connectivity index (χ0) is 34.0. The average molecular weight is 689 g/mol. The summed E-state index contributed by atoms with van der Waals surface area (Å²) in [4.78, 5) is 29.2. The number of carbonyl (C=O) groups excluding carboxylic acids is 1. The first-order chi connectivity index (χ1) is 22.5. The molecule has 0 spiro atoms. The van der Waals surface area contributed by atoms with Gasteiger partial charge in [0.1, 0.15) is 5.75 Å². The molecule has 1 aliphatic heterocycles. The first-order valence-corrected chi connectivity index (χ1v) is 18.2. The minimum absolute atomic E-state index is 0.0246. The molecule has 6 nitrogen and oxygen atoms in total. The van der Waals surface area contributed by atoms with Crippen LogP contribution in [-0.2, 0) is 15.8 Å². The summed E-state index contributed by atoms with van der Waals surface area (Å²) in [5, 5.41) is 12.1. The van der Waals surface area contributed by atoms with E-state index in [0.717, 1.165) is 83.4 Å². The number of rotatable bonds is 15. The van der Waals surface area contributed by atoms with Gasteiger partial charge in [-0.3, -0.25) is 4.79 Å². The third kappa shape index (κ3) is 9.63. The average Bonchev–Trinajstić information content (AvgIpc) is 3.22. The van der Waals surface area contributed by atoms with Gasteiger partial charge in [0.05, 0.1) is 16.1 Å². The lowest BCUT2D eigenvalue weighted by Crippen LogP contribution is -2.37. The van der Waals surface area contributed by atoms with E-state index in [0.29, 0.717) is 5.75 Å². The highest BCUT2D eigenvalue weighted by molar-refractivity contribution is 7.99. The number of nitrogens with zero attached hydrogens (tertiary/aromatic N) is 1. The van der Waals surface area contributed by atoms with Crippen LogP contribution < -0.4 is 15.0 Å². The summed E-state index contributed by atoms with van der Waals surface area (Å²) < 4.78 is 45.0. The van der Waals surface area contributed by atoms with Gasteiger partial charge in [-0.25, -0.2) is 4.79 Å². The number of thioether (sulfide) groups is 2. The van der Waals surface area contributed by atoms with Gasteiger partial charge in [-0.1, -0.05) is 76.3 Å². The number of hydrogen-bond donors (Lipinski definition) is 2. The number of ether oxygens (including phenoxy) is 1. The highest BCUT2D eigenvalue weighted by Crippen LogP contribution is 2.50. The van der Waals surface area contributed by atoms with Gasteiger partial charge < -0.3 is 20.1 Å². The molecule has 0 aromatic heterocycles. The summed E-state index contributed by atoms with van der Waals surface area (Å²) in [6.45, 7) is 4.91. The lowest BCUT2D eigenvalue weighted by Gasteiger charge is -2.38. The van der Waals surface area contributed by atoms with E-state index in [-0.39, 0.29) is 11.0 Å². The number of halogens is 3. The minimum atomic E-state index is -4.56. The van der Waals surface area contributed by atoms with Crippen molar-refractivity contribution < 1.29 is 32.6 Å².